The van der Waals surface area contributed by atoms with E-state index in [1.807, 2.05) is 44.2 Å². The lowest BCUT2D eigenvalue weighted by Gasteiger charge is -2.43. The number of nitrogens with zero attached hydrogens (tertiary/aromatic N) is 1. The summed E-state index contributed by atoms with van der Waals surface area (Å²) in [5.41, 5.74) is 1.72. The van der Waals surface area contributed by atoms with Gasteiger partial charge in [-0.15, -0.1) is 0 Å². The molecule has 0 radical (unpaired) electrons. The predicted octanol–water partition coefficient (Wildman–Crippen LogP) is 4.90. The quantitative estimate of drug-likeness (QED) is 0.492. The zero-order valence-corrected chi connectivity index (χ0v) is 19.9. The molecule has 2 bridgehead atoms. The van der Waals surface area contributed by atoms with Gasteiger partial charge in [-0.2, -0.15) is 5.06 Å². The monoisotopic (exact) mass is 457 g/mol. The van der Waals surface area contributed by atoms with Crippen molar-refractivity contribution in [1.82, 2.24) is 5.06 Å². The van der Waals surface area contributed by atoms with E-state index in [-0.39, 0.29) is 18.2 Å². The van der Waals surface area contributed by atoms with Crippen molar-refractivity contribution >= 4 is 0 Å². The van der Waals surface area contributed by atoms with Crippen LogP contribution in [0.1, 0.15) is 37.0 Å². The van der Waals surface area contributed by atoms with Gasteiger partial charge in [-0.05, 0) is 37.0 Å². The highest BCUT2D eigenvalue weighted by molar-refractivity contribution is 5.47. The first kappa shape index (κ1) is 22.0. The van der Waals surface area contributed by atoms with Gasteiger partial charge in [0.15, 0.2) is 11.4 Å². The lowest BCUT2D eigenvalue weighted by molar-refractivity contribution is -0.265. The molecule has 0 aromatic heterocycles. The third-order valence-corrected chi connectivity index (χ3v) is 7.49. The van der Waals surface area contributed by atoms with E-state index in [0.717, 1.165) is 23.1 Å². The predicted molar refractivity (Wildman–Crippen MR) is 129 cm³/mol. The van der Waals surface area contributed by atoms with Crippen LogP contribution in [0.4, 0.5) is 0 Å². The molecule has 3 aliphatic rings. The zero-order chi connectivity index (χ0) is 23.4. The number of hydrogen-bond acceptors (Lipinski definition) is 5. The van der Waals surface area contributed by atoms with Gasteiger partial charge in [0.05, 0.1) is 12.6 Å². The van der Waals surface area contributed by atoms with Crippen molar-refractivity contribution in [3.8, 4) is 0 Å². The number of fused-ring (bicyclic) bond motifs is 5. The van der Waals surface area contributed by atoms with E-state index in [4.69, 9.17) is 19.0 Å². The fourth-order valence-corrected chi connectivity index (χ4v) is 6.09. The van der Waals surface area contributed by atoms with Crippen molar-refractivity contribution in [2.45, 2.75) is 55.5 Å². The van der Waals surface area contributed by atoms with E-state index in [1.165, 1.54) is 0 Å². The molecule has 3 fully saturated rings. The molecule has 0 spiro atoms. The van der Waals surface area contributed by atoms with Crippen LogP contribution in [0.25, 0.3) is 0 Å². The number of hydrogen-bond donors (Lipinski definition) is 0. The summed E-state index contributed by atoms with van der Waals surface area (Å²) >= 11 is 0. The summed E-state index contributed by atoms with van der Waals surface area (Å²) in [6.45, 7) is 4.30. The van der Waals surface area contributed by atoms with Gasteiger partial charge in [-0.25, -0.2) is 0 Å². The summed E-state index contributed by atoms with van der Waals surface area (Å²) in [5, 5.41) is 1.93. The smallest absolute Gasteiger partial charge is 0.164 e. The van der Waals surface area contributed by atoms with E-state index in [9.17, 15) is 0 Å². The van der Waals surface area contributed by atoms with Gasteiger partial charge < -0.3 is 14.2 Å². The number of benzene rings is 3. The summed E-state index contributed by atoms with van der Waals surface area (Å²) < 4.78 is 20.2. The summed E-state index contributed by atoms with van der Waals surface area (Å²) in [4.78, 5) is 6.20. The van der Waals surface area contributed by atoms with Gasteiger partial charge in [-0.3, -0.25) is 4.84 Å². The van der Waals surface area contributed by atoms with Crippen molar-refractivity contribution in [3.05, 3.63) is 108 Å². The summed E-state index contributed by atoms with van der Waals surface area (Å²) in [5.74, 6) is -0.700. The van der Waals surface area contributed by atoms with E-state index in [1.54, 1.807) is 0 Å². The van der Waals surface area contributed by atoms with Crippen molar-refractivity contribution in [3.63, 3.8) is 0 Å². The van der Waals surface area contributed by atoms with Gasteiger partial charge in [0.1, 0.15) is 17.8 Å². The topological polar surface area (TPSA) is 40.2 Å². The van der Waals surface area contributed by atoms with Crippen LogP contribution < -0.4 is 0 Å². The molecule has 0 amide bonds. The second kappa shape index (κ2) is 8.01. The molecule has 4 atom stereocenters. The summed E-state index contributed by atoms with van der Waals surface area (Å²) in [7, 11) is 1.98. The Hall–Kier alpha value is -2.54. The lowest BCUT2D eigenvalue weighted by atomic mass is 9.79. The van der Waals surface area contributed by atoms with Gasteiger partial charge >= 0.3 is 0 Å². The Morgan fingerprint density at radius 2 is 1.35 bits per heavy atom. The number of hydroxylamine groups is 2. The van der Waals surface area contributed by atoms with E-state index >= 15 is 0 Å². The molecule has 34 heavy (non-hydrogen) atoms. The van der Waals surface area contributed by atoms with Crippen LogP contribution >= 0.6 is 0 Å². The largest absolute Gasteiger partial charge is 0.358 e. The molecule has 5 heteroatoms. The van der Waals surface area contributed by atoms with Gasteiger partial charge in [0.2, 0.25) is 0 Å². The van der Waals surface area contributed by atoms with E-state index in [2.05, 4.69) is 72.8 Å². The zero-order valence-electron chi connectivity index (χ0n) is 19.9. The summed E-state index contributed by atoms with van der Waals surface area (Å²) in [6, 6.07) is 31.5. The van der Waals surface area contributed by atoms with Gasteiger partial charge in [0, 0.05) is 7.05 Å². The van der Waals surface area contributed by atoms with Crippen LogP contribution in [0.15, 0.2) is 91.0 Å². The van der Waals surface area contributed by atoms with E-state index < -0.39 is 17.0 Å². The SMILES string of the molecule is CN1O[C@H]2C[C@@H]1[C@@H]1OC(C)(C)O[C@]21COC(c1ccccc1)(c1ccccc1)c1ccccc1. The fourth-order valence-electron chi connectivity index (χ4n) is 6.09. The molecule has 6 rings (SSSR count). The molecule has 2 aliphatic heterocycles. The second-order valence-electron chi connectivity index (χ2n) is 10.0. The third-order valence-electron chi connectivity index (χ3n) is 7.49. The highest BCUT2D eigenvalue weighted by Crippen LogP contribution is 2.54. The Labute approximate surface area is 201 Å². The van der Waals surface area contributed by atoms with Crippen LogP contribution in [0.3, 0.4) is 0 Å². The minimum Gasteiger partial charge on any atom is -0.358 e. The molecule has 2 heterocycles. The Bertz CT molecular complexity index is 1040. The first-order chi connectivity index (χ1) is 16.4. The van der Waals surface area contributed by atoms with Crippen molar-refractivity contribution in [2.75, 3.05) is 13.7 Å². The molecule has 5 nitrogen and oxygen atoms in total. The van der Waals surface area contributed by atoms with Crippen LogP contribution in [-0.2, 0) is 24.6 Å². The fraction of sp³-hybridized carbons (Fsp3) is 0.379. The number of likely N-dealkylation sites (N-methyl/N-ethyl adjacent to an activating group) is 1. The molecule has 0 N–H and O–H groups in total. The summed E-state index contributed by atoms with van der Waals surface area (Å²) in [6.07, 6.45) is 0.635. The number of rotatable bonds is 6. The minimum atomic E-state index is -0.813. The normalized spacial score (nSPS) is 29.9. The van der Waals surface area contributed by atoms with Crippen molar-refractivity contribution in [1.29, 1.82) is 0 Å². The lowest BCUT2D eigenvalue weighted by Crippen LogP contribution is -2.58. The standard InChI is InChI=1S/C29H31NO4/c1-27(2)32-26-24-19-25(33-30(24)3)28(26,34-27)20-31-29(21-13-7-4-8-14-21,22-15-9-5-10-16-22)23-17-11-6-12-18-23/h4-18,24-26H,19-20H2,1-3H3/t24-,25+,26+,28-/m1/s1. The Morgan fingerprint density at radius 1 is 0.853 bits per heavy atom. The van der Waals surface area contributed by atoms with Crippen LogP contribution in [0.2, 0.25) is 0 Å². The number of ether oxygens (including phenoxy) is 3. The average Bonchev–Trinajstić information content (AvgIpc) is 3.47. The van der Waals surface area contributed by atoms with Gasteiger partial charge in [0.25, 0.3) is 0 Å². The molecule has 3 aromatic rings. The molecule has 2 saturated heterocycles. The molecular weight excluding hydrogens is 426 g/mol. The Morgan fingerprint density at radius 3 is 1.85 bits per heavy atom. The second-order valence-corrected chi connectivity index (χ2v) is 10.0. The van der Waals surface area contributed by atoms with Gasteiger partial charge in [-0.1, -0.05) is 91.0 Å². The van der Waals surface area contributed by atoms with Crippen LogP contribution in [-0.4, -0.2) is 48.4 Å². The maximum absolute atomic E-state index is 7.15. The third kappa shape index (κ3) is 3.27. The van der Waals surface area contributed by atoms with Crippen molar-refractivity contribution < 1.29 is 19.0 Å². The van der Waals surface area contributed by atoms with Crippen LogP contribution in [0, 0.1) is 0 Å². The first-order valence-electron chi connectivity index (χ1n) is 12.0. The Kier molecular flexibility index (Phi) is 5.17. The van der Waals surface area contributed by atoms with Crippen LogP contribution in [0.5, 0.6) is 0 Å². The first-order valence-corrected chi connectivity index (χ1v) is 12.0. The maximum atomic E-state index is 7.15. The highest BCUT2D eigenvalue weighted by atomic mass is 16.8. The average molecular weight is 458 g/mol. The minimum absolute atomic E-state index is 0.116. The van der Waals surface area contributed by atoms with E-state index in [0.29, 0.717) is 6.61 Å². The molecule has 1 aliphatic carbocycles. The highest BCUT2D eigenvalue weighted by Gasteiger charge is 2.70. The Balaban J connectivity index is 1.48. The molecule has 0 unspecified atom stereocenters. The molecular formula is C29H31NO4. The molecule has 1 saturated carbocycles. The maximum Gasteiger partial charge on any atom is 0.164 e. The van der Waals surface area contributed by atoms with Crippen molar-refractivity contribution in [2.24, 2.45) is 0 Å². The molecule has 176 valence electrons. The molecule has 3 aromatic carbocycles.